The van der Waals surface area contributed by atoms with E-state index < -0.39 is 0 Å². The lowest BCUT2D eigenvalue weighted by atomic mass is 9.87. The van der Waals surface area contributed by atoms with E-state index in [1.807, 2.05) is 36.4 Å². The molecule has 0 saturated heterocycles. The minimum Gasteiger partial charge on any atom is -0.495 e. The monoisotopic (exact) mass is 322 g/mol. The van der Waals surface area contributed by atoms with E-state index in [2.05, 4.69) is 6.07 Å². The molecule has 3 rings (SSSR count). The summed E-state index contributed by atoms with van der Waals surface area (Å²) in [6.07, 6.45) is 0.898. The Balaban J connectivity index is 1.92. The maximum Gasteiger partial charge on any atom is 0.137 e. The van der Waals surface area contributed by atoms with Crippen molar-refractivity contribution >= 4 is 23.2 Å². The predicted octanol–water partition coefficient (Wildman–Crippen LogP) is 5.19. The second kappa shape index (κ2) is 6.17. The molecule has 0 aromatic heterocycles. The quantitative estimate of drug-likeness (QED) is 0.723. The number of para-hydroxylation sites is 1. The summed E-state index contributed by atoms with van der Waals surface area (Å²) in [6, 6.07) is 13.8. The van der Waals surface area contributed by atoms with Gasteiger partial charge in [-0.3, -0.25) is 0 Å². The maximum absolute atomic E-state index is 6.73. The molecule has 0 aliphatic carbocycles. The summed E-state index contributed by atoms with van der Waals surface area (Å²) in [5, 5.41) is 0.444. The molecule has 0 saturated carbocycles. The summed E-state index contributed by atoms with van der Waals surface area (Å²) in [5.74, 6) is 1.82. The van der Waals surface area contributed by atoms with Crippen LogP contribution in [0, 0.1) is 0 Å². The molecule has 0 fully saturated rings. The zero-order valence-electron chi connectivity index (χ0n) is 11.7. The third kappa shape index (κ3) is 2.83. The van der Waals surface area contributed by atoms with Gasteiger partial charge >= 0.3 is 0 Å². The van der Waals surface area contributed by atoms with E-state index in [0.29, 0.717) is 17.4 Å². The summed E-state index contributed by atoms with van der Waals surface area (Å²) >= 11 is 12.9. The molecular weight excluding hydrogens is 307 g/mol. The SMILES string of the molecule is COc1ccc(C(Cl)C2CCOc3ccccc32)cc1Cl. The van der Waals surface area contributed by atoms with Gasteiger partial charge in [0, 0.05) is 5.92 Å². The number of benzene rings is 2. The summed E-state index contributed by atoms with van der Waals surface area (Å²) in [4.78, 5) is 0. The van der Waals surface area contributed by atoms with E-state index in [4.69, 9.17) is 32.7 Å². The standard InChI is InChI=1S/C17H16Cl2O2/c1-20-16-7-6-11(10-14(16)18)17(19)13-8-9-21-15-5-3-2-4-12(13)15/h2-7,10,13,17H,8-9H2,1H3. The first-order valence-electron chi connectivity index (χ1n) is 6.90. The predicted molar refractivity (Wildman–Crippen MR) is 85.9 cm³/mol. The van der Waals surface area contributed by atoms with Crippen LogP contribution in [0.4, 0.5) is 0 Å². The molecule has 1 aliphatic heterocycles. The highest BCUT2D eigenvalue weighted by molar-refractivity contribution is 6.32. The van der Waals surface area contributed by atoms with Gasteiger partial charge in [-0.2, -0.15) is 0 Å². The number of fused-ring (bicyclic) bond motifs is 1. The Bertz CT molecular complexity index is 642. The van der Waals surface area contributed by atoms with Gasteiger partial charge in [-0.05, 0) is 35.7 Å². The fourth-order valence-electron chi connectivity index (χ4n) is 2.76. The normalized spacial score (nSPS) is 18.5. The highest BCUT2D eigenvalue weighted by atomic mass is 35.5. The van der Waals surface area contributed by atoms with Crippen molar-refractivity contribution in [1.82, 2.24) is 0 Å². The highest BCUT2D eigenvalue weighted by Gasteiger charge is 2.28. The van der Waals surface area contributed by atoms with Gasteiger partial charge in [0.2, 0.25) is 0 Å². The fraction of sp³-hybridized carbons (Fsp3) is 0.294. The van der Waals surface area contributed by atoms with Crippen molar-refractivity contribution < 1.29 is 9.47 Å². The van der Waals surface area contributed by atoms with Crippen LogP contribution in [0.1, 0.15) is 28.8 Å². The number of hydrogen-bond acceptors (Lipinski definition) is 2. The van der Waals surface area contributed by atoms with Gasteiger partial charge in [-0.15, -0.1) is 11.6 Å². The molecule has 110 valence electrons. The Kier molecular flexibility index (Phi) is 4.27. The lowest BCUT2D eigenvalue weighted by Crippen LogP contribution is -2.17. The lowest BCUT2D eigenvalue weighted by molar-refractivity contribution is 0.265. The fourth-order valence-corrected chi connectivity index (χ4v) is 3.42. The average molecular weight is 323 g/mol. The summed E-state index contributed by atoms with van der Waals surface area (Å²) in [6.45, 7) is 0.689. The largest absolute Gasteiger partial charge is 0.495 e. The van der Waals surface area contributed by atoms with E-state index in [1.54, 1.807) is 7.11 Å². The highest BCUT2D eigenvalue weighted by Crippen LogP contribution is 2.45. The van der Waals surface area contributed by atoms with Gasteiger partial charge in [-0.25, -0.2) is 0 Å². The van der Waals surface area contributed by atoms with Crippen LogP contribution >= 0.6 is 23.2 Å². The Hall–Kier alpha value is -1.38. The van der Waals surface area contributed by atoms with Gasteiger partial charge < -0.3 is 9.47 Å². The third-order valence-electron chi connectivity index (χ3n) is 3.85. The van der Waals surface area contributed by atoms with E-state index in [-0.39, 0.29) is 11.3 Å². The van der Waals surface area contributed by atoms with Crippen molar-refractivity contribution in [1.29, 1.82) is 0 Å². The van der Waals surface area contributed by atoms with E-state index in [9.17, 15) is 0 Å². The van der Waals surface area contributed by atoms with Crippen LogP contribution in [0.2, 0.25) is 5.02 Å². The van der Waals surface area contributed by atoms with Crippen molar-refractivity contribution in [3.63, 3.8) is 0 Å². The molecule has 2 aromatic carbocycles. The molecule has 0 spiro atoms. The first-order valence-corrected chi connectivity index (χ1v) is 7.71. The first kappa shape index (κ1) is 14.6. The molecule has 2 unspecified atom stereocenters. The zero-order valence-corrected chi connectivity index (χ0v) is 13.2. The van der Waals surface area contributed by atoms with Crippen LogP contribution in [-0.4, -0.2) is 13.7 Å². The Morgan fingerprint density at radius 2 is 2.05 bits per heavy atom. The lowest BCUT2D eigenvalue weighted by Gasteiger charge is -2.29. The summed E-state index contributed by atoms with van der Waals surface area (Å²) in [5.41, 5.74) is 2.17. The number of rotatable bonds is 3. The van der Waals surface area contributed by atoms with Crippen molar-refractivity contribution in [2.45, 2.75) is 17.7 Å². The number of hydrogen-bond donors (Lipinski definition) is 0. The van der Waals surface area contributed by atoms with Crippen LogP contribution in [0.15, 0.2) is 42.5 Å². The Labute approximate surface area is 134 Å². The van der Waals surface area contributed by atoms with E-state index >= 15 is 0 Å². The van der Waals surface area contributed by atoms with Crippen molar-refractivity contribution in [2.75, 3.05) is 13.7 Å². The molecule has 0 amide bonds. The Morgan fingerprint density at radius 3 is 2.81 bits per heavy atom. The van der Waals surface area contributed by atoms with Gasteiger partial charge in [0.25, 0.3) is 0 Å². The van der Waals surface area contributed by atoms with Gasteiger partial charge in [0.1, 0.15) is 11.5 Å². The molecule has 1 aliphatic rings. The molecule has 21 heavy (non-hydrogen) atoms. The van der Waals surface area contributed by atoms with Crippen molar-refractivity contribution in [2.24, 2.45) is 0 Å². The topological polar surface area (TPSA) is 18.5 Å². The number of methoxy groups -OCH3 is 1. The number of halogens is 2. The molecule has 0 radical (unpaired) electrons. The molecule has 2 aromatic rings. The van der Waals surface area contributed by atoms with Crippen LogP contribution in [0.3, 0.4) is 0 Å². The zero-order chi connectivity index (χ0) is 14.8. The minimum absolute atomic E-state index is 0.140. The van der Waals surface area contributed by atoms with E-state index in [0.717, 1.165) is 23.3 Å². The number of ether oxygens (including phenoxy) is 2. The van der Waals surface area contributed by atoms with Crippen LogP contribution in [-0.2, 0) is 0 Å². The molecule has 0 N–H and O–H groups in total. The molecule has 2 atom stereocenters. The molecular formula is C17H16Cl2O2. The smallest absolute Gasteiger partial charge is 0.137 e. The van der Waals surface area contributed by atoms with Crippen LogP contribution in [0.5, 0.6) is 11.5 Å². The third-order valence-corrected chi connectivity index (χ3v) is 4.70. The average Bonchev–Trinajstić information content (AvgIpc) is 2.53. The van der Waals surface area contributed by atoms with Crippen molar-refractivity contribution in [3.05, 3.63) is 58.6 Å². The van der Waals surface area contributed by atoms with Gasteiger partial charge in [0.05, 0.1) is 24.1 Å². The second-order valence-electron chi connectivity index (χ2n) is 5.08. The minimum atomic E-state index is -0.140. The van der Waals surface area contributed by atoms with E-state index in [1.165, 1.54) is 0 Å². The maximum atomic E-state index is 6.73. The summed E-state index contributed by atoms with van der Waals surface area (Å²) in [7, 11) is 1.60. The first-order chi connectivity index (χ1) is 10.2. The molecule has 4 heteroatoms. The molecule has 1 heterocycles. The molecule has 0 bridgehead atoms. The number of alkyl halides is 1. The Morgan fingerprint density at radius 1 is 1.24 bits per heavy atom. The van der Waals surface area contributed by atoms with Gasteiger partial charge in [-0.1, -0.05) is 35.9 Å². The van der Waals surface area contributed by atoms with Gasteiger partial charge in [0.15, 0.2) is 0 Å². The second-order valence-corrected chi connectivity index (χ2v) is 5.95. The van der Waals surface area contributed by atoms with Crippen molar-refractivity contribution in [3.8, 4) is 11.5 Å². The molecule has 2 nitrogen and oxygen atoms in total. The van der Waals surface area contributed by atoms with Crippen LogP contribution in [0.25, 0.3) is 0 Å². The summed E-state index contributed by atoms with van der Waals surface area (Å²) < 4.78 is 10.9. The van der Waals surface area contributed by atoms with Crippen LogP contribution < -0.4 is 9.47 Å².